The fourth-order valence-electron chi connectivity index (χ4n) is 4.73. The number of esters is 1. The number of amides is 1. The second kappa shape index (κ2) is 11.6. The van der Waals surface area contributed by atoms with E-state index in [1.165, 1.54) is 12.7 Å². The summed E-state index contributed by atoms with van der Waals surface area (Å²) in [5.41, 5.74) is 2.88. The van der Waals surface area contributed by atoms with Crippen molar-refractivity contribution in [3.63, 3.8) is 0 Å². The van der Waals surface area contributed by atoms with Gasteiger partial charge in [0.05, 0.1) is 40.2 Å². The Hall–Kier alpha value is -3.62. The molecule has 2 heterocycles. The lowest BCUT2D eigenvalue weighted by Gasteiger charge is -2.27. The second-order valence-electron chi connectivity index (χ2n) is 9.30. The fraction of sp³-hybridized carbons (Fsp3) is 0.310. The number of aromatic nitrogens is 2. The van der Waals surface area contributed by atoms with Gasteiger partial charge in [-0.1, -0.05) is 36.4 Å². The van der Waals surface area contributed by atoms with E-state index in [9.17, 15) is 9.59 Å². The first kappa shape index (κ1) is 25.0. The second-order valence-corrected chi connectivity index (χ2v) is 10.4. The SMILES string of the molecule is COC(=O)c1cc2nc([C@H]3CC[C@H](COCc4ccccc4)CC3)sc2cc1NC(=O)c1ccccn1. The summed E-state index contributed by atoms with van der Waals surface area (Å²) in [7, 11) is 1.32. The first-order chi connectivity index (χ1) is 18.1. The zero-order valence-corrected chi connectivity index (χ0v) is 21.5. The van der Waals surface area contributed by atoms with Crippen LogP contribution in [0.4, 0.5) is 5.69 Å². The lowest BCUT2D eigenvalue weighted by Crippen LogP contribution is -2.17. The Morgan fingerprint density at radius 2 is 1.81 bits per heavy atom. The first-order valence-electron chi connectivity index (χ1n) is 12.5. The average Bonchev–Trinajstić information content (AvgIpc) is 3.36. The maximum absolute atomic E-state index is 12.7. The van der Waals surface area contributed by atoms with Gasteiger partial charge in [-0.05, 0) is 61.4 Å². The van der Waals surface area contributed by atoms with E-state index in [2.05, 4.69) is 22.4 Å². The third-order valence-corrected chi connectivity index (χ3v) is 7.94. The van der Waals surface area contributed by atoms with Gasteiger partial charge in [-0.15, -0.1) is 11.3 Å². The Balaban J connectivity index is 1.26. The number of methoxy groups -OCH3 is 1. The van der Waals surface area contributed by atoms with E-state index < -0.39 is 5.97 Å². The quantitative estimate of drug-likeness (QED) is 0.280. The molecule has 1 N–H and O–H groups in total. The van der Waals surface area contributed by atoms with Crippen molar-refractivity contribution >= 4 is 39.1 Å². The number of nitrogens with zero attached hydrogens (tertiary/aromatic N) is 2. The maximum atomic E-state index is 12.7. The Morgan fingerprint density at radius 1 is 1.03 bits per heavy atom. The number of fused-ring (bicyclic) bond motifs is 1. The number of thiazole rings is 1. The van der Waals surface area contributed by atoms with E-state index in [1.54, 1.807) is 41.8 Å². The molecule has 5 rings (SSSR count). The highest BCUT2D eigenvalue weighted by atomic mass is 32.1. The highest BCUT2D eigenvalue weighted by Gasteiger charge is 2.26. The van der Waals surface area contributed by atoms with Crippen LogP contribution in [-0.2, 0) is 16.1 Å². The summed E-state index contributed by atoms with van der Waals surface area (Å²) in [6.45, 7) is 1.43. The molecular weight excluding hydrogens is 486 g/mol. The van der Waals surface area contributed by atoms with Crippen molar-refractivity contribution in [3.05, 3.63) is 88.7 Å². The van der Waals surface area contributed by atoms with Gasteiger partial charge >= 0.3 is 5.97 Å². The lowest BCUT2D eigenvalue weighted by atomic mass is 9.83. The van der Waals surface area contributed by atoms with Crippen LogP contribution in [0, 0.1) is 5.92 Å². The number of hydrogen-bond acceptors (Lipinski definition) is 7. The highest BCUT2D eigenvalue weighted by molar-refractivity contribution is 7.18. The Labute approximate surface area is 219 Å². The van der Waals surface area contributed by atoms with Crippen LogP contribution in [0.15, 0.2) is 66.9 Å². The molecule has 1 fully saturated rings. The van der Waals surface area contributed by atoms with Gasteiger partial charge in [0.15, 0.2) is 0 Å². The minimum absolute atomic E-state index is 0.271. The molecule has 0 bridgehead atoms. The number of carbonyl (C=O) groups excluding carboxylic acids is 2. The Kier molecular flexibility index (Phi) is 7.87. The summed E-state index contributed by atoms with van der Waals surface area (Å²) in [4.78, 5) is 34.2. The molecule has 7 nitrogen and oxygen atoms in total. The van der Waals surface area contributed by atoms with Crippen LogP contribution in [0.3, 0.4) is 0 Å². The van der Waals surface area contributed by atoms with Gasteiger partial charge in [0.25, 0.3) is 5.91 Å². The van der Waals surface area contributed by atoms with E-state index in [-0.39, 0.29) is 17.2 Å². The van der Waals surface area contributed by atoms with Gasteiger partial charge < -0.3 is 14.8 Å². The van der Waals surface area contributed by atoms with Gasteiger partial charge in [0.2, 0.25) is 0 Å². The number of nitrogens with one attached hydrogen (secondary N) is 1. The average molecular weight is 516 g/mol. The van der Waals surface area contributed by atoms with Crippen molar-refractivity contribution in [2.75, 3.05) is 19.0 Å². The minimum Gasteiger partial charge on any atom is -0.465 e. The van der Waals surface area contributed by atoms with E-state index in [0.29, 0.717) is 24.1 Å². The first-order valence-corrected chi connectivity index (χ1v) is 13.3. The molecule has 1 aliphatic rings. The molecule has 1 aliphatic carbocycles. The van der Waals surface area contributed by atoms with Gasteiger partial charge in [0.1, 0.15) is 5.69 Å². The maximum Gasteiger partial charge on any atom is 0.340 e. The van der Waals surface area contributed by atoms with Gasteiger partial charge in [-0.2, -0.15) is 0 Å². The van der Waals surface area contributed by atoms with Crippen molar-refractivity contribution in [1.29, 1.82) is 0 Å². The number of pyridine rings is 1. The Morgan fingerprint density at radius 3 is 2.54 bits per heavy atom. The van der Waals surface area contributed by atoms with Crippen LogP contribution in [0.25, 0.3) is 10.2 Å². The van der Waals surface area contributed by atoms with Crippen LogP contribution in [0.2, 0.25) is 0 Å². The molecule has 37 heavy (non-hydrogen) atoms. The molecule has 0 spiro atoms. The molecule has 0 saturated heterocycles. The molecule has 2 aromatic heterocycles. The lowest BCUT2D eigenvalue weighted by molar-refractivity contribution is 0.0602. The molecule has 1 saturated carbocycles. The zero-order valence-electron chi connectivity index (χ0n) is 20.7. The van der Waals surface area contributed by atoms with Crippen LogP contribution in [0.5, 0.6) is 0 Å². The van der Waals surface area contributed by atoms with E-state index >= 15 is 0 Å². The normalized spacial score (nSPS) is 17.4. The van der Waals surface area contributed by atoms with E-state index in [0.717, 1.165) is 47.5 Å². The summed E-state index contributed by atoms with van der Waals surface area (Å²) in [5, 5.41) is 3.89. The summed E-state index contributed by atoms with van der Waals surface area (Å²) in [5.74, 6) is 0.0380. The number of rotatable bonds is 8. The van der Waals surface area contributed by atoms with Crippen molar-refractivity contribution in [1.82, 2.24) is 9.97 Å². The van der Waals surface area contributed by atoms with Crippen molar-refractivity contribution in [2.45, 2.75) is 38.2 Å². The summed E-state index contributed by atoms with van der Waals surface area (Å²) >= 11 is 1.62. The van der Waals surface area contributed by atoms with E-state index in [1.807, 2.05) is 24.3 Å². The van der Waals surface area contributed by atoms with Crippen LogP contribution in [-0.4, -0.2) is 35.6 Å². The number of hydrogen-bond donors (Lipinski definition) is 1. The molecule has 0 aliphatic heterocycles. The molecule has 0 unspecified atom stereocenters. The Bertz CT molecular complexity index is 1370. The summed E-state index contributed by atoms with van der Waals surface area (Å²) in [6, 6.07) is 18.9. The zero-order chi connectivity index (χ0) is 25.6. The predicted octanol–water partition coefficient (Wildman–Crippen LogP) is 6.22. The molecule has 0 atom stereocenters. The standard InChI is InChI=1S/C29H29N3O4S/c1-35-29(34)22-15-25-26(16-24(22)31-27(33)23-9-5-6-14-30-23)37-28(32-25)21-12-10-20(11-13-21)18-36-17-19-7-3-2-4-8-19/h2-9,14-16,20-21H,10-13,17-18H2,1H3,(H,31,33)/t20-,21-. The number of benzene rings is 2. The summed E-state index contributed by atoms with van der Waals surface area (Å²) in [6.07, 6.45) is 5.89. The van der Waals surface area contributed by atoms with Crippen LogP contribution >= 0.6 is 11.3 Å². The highest BCUT2D eigenvalue weighted by Crippen LogP contribution is 2.40. The summed E-state index contributed by atoms with van der Waals surface area (Å²) < 4.78 is 11.9. The molecule has 0 radical (unpaired) electrons. The molecular formula is C29H29N3O4S. The number of carbonyl (C=O) groups is 2. The van der Waals surface area contributed by atoms with Crippen molar-refractivity contribution in [3.8, 4) is 0 Å². The monoisotopic (exact) mass is 515 g/mol. The number of anilines is 1. The van der Waals surface area contributed by atoms with E-state index in [4.69, 9.17) is 14.5 Å². The van der Waals surface area contributed by atoms with Crippen molar-refractivity contribution in [2.24, 2.45) is 5.92 Å². The molecule has 4 aromatic rings. The van der Waals surface area contributed by atoms with Gasteiger partial charge in [-0.25, -0.2) is 9.78 Å². The molecule has 1 amide bonds. The third-order valence-electron chi connectivity index (χ3n) is 6.76. The fourth-order valence-corrected chi connectivity index (χ4v) is 5.88. The largest absolute Gasteiger partial charge is 0.465 e. The molecule has 2 aromatic carbocycles. The predicted molar refractivity (Wildman–Crippen MR) is 144 cm³/mol. The minimum atomic E-state index is -0.524. The van der Waals surface area contributed by atoms with Crippen LogP contribution < -0.4 is 5.32 Å². The molecule has 8 heteroatoms. The van der Waals surface area contributed by atoms with Gasteiger partial charge in [0, 0.05) is 18.7 Å². The molecule has 190 valence electrons. The van der Waals surface area contributed by atoms with Gasteiger partial charge in [-0.3, -0.25) is 9.78 Å². The topological polar surface area (TPSA) is 90.4 Å². The smallest absolute Gasteiger partial charge is 0.340 e. The van der Waals surface area contributed by atoms with Crippen molar-refractivity contribution < 1.29 is 19.1 Å². The number of ether oxygens (including phenoxy) is 2. The van der Waals surface area contributed by atoms with Crippen LogP contribution in [0.1, 0.15) is 63.0 Å². The third kappa shape index (κ3) is 6.03.